The zero-order valence-corrected chi connectivity index (χ0v) is 9.97. The van der Waals surface area contributed by atoms with Crippen molar-refractivity contribution in [2.24, 2.45) is 0 Å². The Kier molecular flexibility index (Phi) is 4.78. The van der Waals surface area contributed by atoms with Crippen LogP contribution in [0, 0.1) is 10.1 Å². The van der Waals surface area contributed by atoms with Crippen molar-refractivity contribution in [3.8, 4) is 0 Å². The molecule has 0 fully saturated rings. The van der Waals surface area contributed by atoms with E-state index < -0.39 is 4.92 Å². The van der Waals surface area contributed by atoms with Crippen LogP contribution in [0.3, 0.4) is 0 Å². The Morgan fingerprint density at radius 1 is 1.41 bits per heavy atom. The molecule has 0 radical (unpaired) electrons. The third-order valence-corrected chi connectivity index (χ3v) is 2.62. The number of carbonyl (C=O) groups is 1. The lowest BCUT2D eigenvalue weighted by Crippen LogP contribution is -2.30. The summed E-state index contributed by atoms with van der Waals surface area (Å²) >= 11 is 0. The fraction of sp³-hybridized carbons (Fsp3) is 0.417. The number of nitrogens with zero attached hydrogens (tertiary/aromatic N) is 1. The summed E-state index contributed by atoms with van der Waals surface area (Å²) in [7, 11) is 0. The Morgan fingerprint density at radius 2 is 2.00 bits per heavy atom. The molecule has 0 aromatic heterocycles. The lowest BCUT2D eigenvalue weighted by atomic mass is 10.1. The summed E-state index contributed by atoms with van der Waals surface area (Å²) in [6.45, 7) is 4.30. The maximum absolute atomic E-state index is 11.7. The first-order chi connectivity index (χ1) is 8.04. The third kappa shape index (κ3) is 3.96. The molecule has 0 saturated carbocycles. The van der Waals surface area contributed by atoms with Gasteiger partial charge in [0.25, 0.3) is 5.69 Å². The molecule has 0 spiro atoms. The summed E-state index contributed by atoms with van der Waals surface area (Å²) in [4.78, 5) is 21.7. The molecule has 1 aromatic carbocycles. The number of hydrogen-bond donors (Lipinski definition) is 1. The monoisotopic (exact) mass is 236 g/mol. The van der Waals surface area contributed by atoms with E-state index in [9.17, 15) is 14.9 Å². The minimum absolute atomic E-state index is 0.00330. The molecule has 0 aliphatic rings. The standard InChI is InChI=1S/C12H16N2O3/c1-3-9(2)13-8-12(15)10-4-6-11(7-5-10)14(16)17/h4-7,9,13H,3,8H2,1-2H3. The normalized spacial score (nSPS) is 12.1. The predicted molar refractivity (Wildman–Crippen MR) is 65.2 cm³/mol. The number of ketones is 1. The SMILES string of the molecule is CCC(C)NCC(=O)c1ccc([N+](=O)[O-])cc1. The first kappa shape index (κ1) is 13.3. The molecule has 5 nitrogen and oxygen atoms in total. The van der Waals surface area contributed by atoms with Gasteiger partial charge in [0, 0.05) is 23.7 Å². The van der Waals surface area contributed by atoms with Crippen LogP contribution < -0.4 is 5.32 Å². The van der Waals surface area contributed by atoms with Crippen LogP contribution in [0.2, 0.25) is 0 Å². The molecule has 1 N–H and O–H groups in total. The number of carbonyl (C=O) groups excluding carboxylic acids is 1. The maximum atomic E-state index is 11.7. The van der Waals surface area contributed by atoms with Crippen molar-refractivity contribution in [3.63, 3.8) is 0 Å². The number of non-ortho nitro benzene ring substituents is 1. The highest BCUT2D eigenvalue weighted by Crippen LogP contribution is 2.12. The van der Waals surface area contributed by atoms with E-state index in [0.717, 1.165) is 6.42 Å². The first-order valence-corrected chi connectivity index (χ1v) is 5.55. The number of Topliss-reactive ketones (excluding diaryl/α,β-unsaturated/α-hetero) is 1. The second-order valence-electron chi connectivity index (χ2n) is 3.92. The van der Waals surface area contributed by atoms with Gasteiger partial charge in [0.2, 0.25) is 0 Å². The molecule has 1 unspecified atom stereocenters. The van der Waals surface area contributed by atoms with E-state index in [1.165, 1.54) is 24.3 Å². The lowest BCUT2D eigenvalue weighted by Gasteiger charge is -2.09. The lowest BCUT2D eigenvalue weighted by molar-refractivity contribution is -0.384. The van der Waals surface area contributed by atoms with Gasteiger partial charge in [-0.05, 0) is 25.5 Å². The van der Waals surface area contributed by atoms with Gasteiger partial charge in [-0.2, -0.15) is 0 Å². The van der Waals surface area contributed by atoms with Crippen LogP contribution in [0.15, 0.2) is 24.3 Å². The number of rotatable bonds is 6. The van der Waals surface area contributed by atoms with Gasteiger partial charge in [0.05, 0.1) is 11.5 Å². The minimum atomic E-state index is -0.480. The second-order valence-corrected chi connectivity index (χ2v) is 3.92. The fourth-order valence-corrected chi connectivity index (χ4v) is 1.28. The van der Waals surface area contributed by atoms with Gasteiger partial charge < -0.3 is 5.32 Å². The van der Waals surface area contributed by atoms with E-state index in [-0.39, 0.29) is 24.1 Å². The van der Waals surface area contributed by atoms with Crippen LogP contribution in [0.4, 0.5) is 5.69 Å². The average molecular weight is 236 g/mol. The molecule has 92 valence electrons. The van der Waals surface area contributed by atoms with E-state index in [2.05, 4.69) is 5.32 Å². The predicted octanol–water partition coefficient (Wildman–Crippen LogP) is 2.17. The number of hydrogen-bond acceptors (Lipinski definition) is 4. The average Bonchev–Trinajstić information content (AvgIpc) is 2.35. The number of benzene rings is 1. The summed E-state index contributed by atoms with van der Waals surface area (Å²) in [5.74, 6) is -0.0554. The number of nitro groups is 1. The quantitative estimate of drug-likeness (QED) is 0.466. The molecule has 0 bridgehead atoms. The first-order valence-electron chi connectivity index (χ1n) is 5.55. The van der Waals surface area contributed by atoms with E-state index in [4.69, 9.17) is 0 Å². The highest BCUT2D eigenvalue weighted by atomic mass is 16.6. The molecule has 17 heavy (non-hydrogen) atoms. The van der Waals surface area contributed by atoms with Crippen LogP contribution in [-0.2, 0) is 0 Å². The molecule has 0 heterocycles. The van der Waals surface area contributed by atoms with E-state index >= 15 is 0 Å². The summed E-state index contributed by atoms with van der Waals surface area (Å²) in [5.41, 5.74) is 0.489. The Bertz CT molecular complexity index is 401. The molecular formula is C12H16N2O3. The molecule has 1 aromatic rings. The van der Waals surface area contributed by atoms with Gasteiger partial charge in [0.1, 0.15) is 0 Å². The van der Waals surface area contributed by atoms with Crippen LogP contribution in [0.25, 0.3) is 0 Å². The molecule has 0 amide bonds. The largest absolute Gasteiger partial charge is 0.307 e. The second kappa shape index (κ2) is 6.10. The molecule has 5 heteroatoms. The van der Waals surface area contributed by atoms with Crippen molar-refractivity contribution < 1.29 is 9.72 Å². The van der Waals surface area contributed by atoms with Gasteiger partial charge in [0.15, 0.2) is 5.78 Å². The zero-order chi connectivity index (χ0) is 12.8. The molecule has 0 aliphatic carbocycles. The molecule has 0 aliphatic heterocycles. The zero-order valence-electron chi connectivity index (χ0n) is 9.97. The van der Waals surface area contributed by atoms with Crippen LogP contribution >= 0.6 is 0 Å². The molecule has 0 saturated heterocycles. The van der Waals surface area contributed by atoms with Crippen molar-refractivity contribution in [2.45, 2.75) is 26.3 Å². The van der Waals surface area contributed by atoms with Crippen molar-refractivity contribution in [3.05, 3.63) is 39.9 Å². The summed E-state index contributed by atoms with van der Waals surface area (Å²) in [6, 6.07) is 5.95. The number of nitro benzene ring substituents is 1. The fourth-order valence-electron chi connectivity index (χ4n) is 1.28. The van der Waals surface area contributed by atoms with Crippen molar-refractivity contribution in [2.75, 3.05) is 6.54 Å². The van der Waals surface area contributed by atoms with E-state index in [0.29, 0.717) is 5.56 Å². The van der Waals surface area contributed by atoms with Gasteiger partial charge in [-0.3, -0.25) is 14.9 Å². The van der Waals surface area contributed by atoms with Crippen molar-refractivity contribution in [1.29, 1.82) is 0 Å². The third-order valence-electron chi connectivity index (χ3n) is 2.62. The smallest absolute Gasteiger partial charge is 0.269 e. The van der Waals surface area contributed by atoms with Gasteiger partial charge in [-0.25, -0.2) is 0 Å². The molecule has 1 atom stereocenters. The summed E-state index contributed by atoms with van der Waals surface area (Å²) < 4.78 is 0. The minimum Gasteiger partial charge on any atom is -0.307 e. The Morgan fingerprint density at radius 3 is 2.47 bits per heavy atom. The maximum Gasteiger partial charge on any atom is 0.269 e. The highest BCUT2D eigenvalue weighted by Gasteiger charge is 2.09. The van der Waals surface area contributed by atoms with Gasteiger partial charge >= 0.3 is 0 Å². The Hall–Kier alpha value is -1.75. The molecule has 1 rings (SSSR count). The van der Waals surface area contributed by atoms with Gasteiger partial charge in [-0.15, -0.1) is 0 Å². The van der Waals surface area contributed by atoms with Crippen molar-refractivity contribution in [1.82, 2.24) is 5.32 Å². The Labute approximate surface area is 100.0 Å². The Balaban J connectivity index is 2.61. The van der Waals surface area contributed by atoms with Crippen LogP contribution in [0.1, 0.15) is 30.6 Å². The summed E-state index contributed by atoms with van der Waals surface area (Å²) in [5, 5.41) is 13.5. The van der Waals surface area contributed by atoms with Crippen molar-refractivity contribution >= 4 is 11.5 Å². The van der Waals surface area contributed by atoms with Crippen LogP contribution in [-0.4, -0.2) is 23.3 Å². The van der Waals surface area contributed by atoms with E-state index in [1.54, 1.807) is 0 Å². The summed E-state index contributed by atoms with van der Waals surface area (Å²) in [6.07, 6.45) is 0.952. The van der Waals surface area contributed by atoms with Crippen LogP contribution in [0.5, 0.6) is 0 Å². The topological polar surface area (TPSA) is 72.2 Å². The van der Waals surface area contributed by atoms with Gasteiger partial charge in [-0.1, -0.05) is 6.92 Å². The molecular weight excluding hydrogens is 220 g/mol. The van der Waals surface area contributed by atoms with E-state index in [1.807, 2.05) is 13.8 Å². The number of nitrogens with one attached hydrogen (secondary N) is 1. The highest BCUT2D eigenvalue weighted by molar-refractivity contribution is 5.97.